The summed E-state index contributed by atoms with van der Waals surface area (Å²) in [6.07, 6.45) is 4.36. The summed E-state index contributed by atoms with van der Waals surface area (Å²) in [5.74, 6) is -0.327. The van der Waals surface area contributed by atoms with Crippen molar-refractivity contribution in [1.29, 1.82) is 0 Å². The van der Waals surface area contributed by atoms with E-state index in [0.29, 0.717) is 22.0 Å². The Labute approximate surface area is 214 Å². The van der Waals surface area contributed by atoms with Gasteiger partial charge in [0.2, 0.25) is 10.7 Å². The van der Waals surface area contributed by atoms with Crippen LogP contribution in [0.15, 0.2) is 72.8 Å². The summed E-state index contributed by atoms with van der Waals surface area (Å²) in [4.78, 5) is 26.0. The lowest BCUT2D eigenvalue weighted by molar-refractivity contribution is -0.428. The standard InChI is InChI=1S/C27H27ClN4O2S/c1-18-17-22(14-15-23(18)32-16-6-9-24(32)35-2)29-26(33)25(19-7-4-3-5-8-19)31-27(34)30-21-12-10-20(28)11-13-21/h3-5,7-8,10-15,17,25H,6,9,16H2,1-2H3,(H2-,29,30,31,33,34)/p+1. The zero-order valence-electron chi connectivity index (χ0n) is 19.7. The van der Waals surface area contributed by atoms with Crippen LogP contribution >= 0.6 is 23.4 Å². The van der Waals surface area contributed by atoms with Crippen molar-refractivity contribution in [2.45, 2.75) is 25.8 Å². The molecule has 0 spiro atoms. The third-order valence-electron chi connectivity index (χ3n) is 5.84. The lowest BCUT2D eigenvalue weighted by Crippen LogP contribution is -2.39. The molecule has 3 aromatic rings. The van der Waals surface area contributed by atoms with E-state index in [9.17, 15) is 9.59 Å². The molecule has 4 rings (SSSR count). The average molecular weight is 508 g/mol. The highest BCUT2D eigenvalue weighted by Crippen LogP contribution is 2.28. The molecule has 3 amide bonds. The summed E-state index contributed by atoms with van der Waals surface area (Å²) in [6, 6.07) is 20.5. The van der Waals surface area contributed by atoms with Crippen LogP contribution in [0, 0.1) is 6.92 Å². The maximum atomic E-state index is 13.3. The summed E-state index contributed by atoms with van der Waals surface area (Å²) >= 11 is 7.70. The van der Waals surface area contributed by atoms with Gasteiger partial charge in [0.25, 0.3) is 5.91 Å². The van der Waals surface area contributed by atoms with Crippen LogP contribution in [0.4, 0.5) is 21.9 Å². The topological polar surface area (TPSA) is 73.2 Å². The Morgan fingerprint density at radius 3 is 2.37 bits per heavy atom. The van der Waals surface area contributed by atoms with Crippen molar-refractivity contribution < 1.29 is 14.2 Å². The molecule has 0 aromatic heterocycles. The lowest BCUT2D eigenvalue weighted by Gasteiger charge is -2.19. The third kappa shape index (κ3) is 6.24. The van der Waals surface area contributed by atoms with Gasteiger partial charge in [0, 0.05) is 40.9 Å². The lowest BCUT2D eigenvalue weighted by atomic mass is 10.1. The van der Waals surface area contributed by atoms with Crippen LogP contribution in [0.5, 0.6) is 0 Å². The van der Waals surface area contributed by atoms with E-state index in [1.54, 1.807) is 36.0 Å². The Bertz CT molecular complexity index is 1250. The fourth-order valence-corrected chi connectivity index (χ4v) is 5.03. The zero-order chi connectivity index (χ0) is 24.8. The van der Waals surface area contributed by atoms with Crippen LogP contribution in [0.25, 0.3) is 0 Å². The Morgan fingerprint density at radius 1 is 0.971 bits per heavy atom. The number of hydrogen-bond donors (Lipinski definition) is 3. The molecule has 3 N–H and O–H groups in total. The first-order valence-electron chi connectivity index (χ1n) is 11.4. The molecule has 1 heterocycles. The first kappa shape index (κ1) is 24.8. The van der Waals surface area contributed by atoms with E-state index in [1.165, 1.54) is 5.04 Å². The molecule has 0 bridgehead atoms. The Hall–Kier alpha value is -3.29. The SMILES string of the molecule is CSC1=[N+](c2ccc(NC(=O)C(NC(=O)Nc3ccc(Cl)cc3)c3ccccc3)cc2C)CCC1. The van der Waals surface area contributed by atoms with Crippen molar-refractivity contribution >= 4 is 57.4 Å². The quantitative estimate of drug-likeness (QED) is 0.340. The second kappa shape index (κ2) is 11.4. The van der Waals surface area contributed by atoms with Gasteiger partial charge in [0.1, 0.15) is 12.6 Å². The number of carbonyl (C=O) groups is 2. The van der Waals surface area contributed by atoms with Crippen LogP contribution in [-0.2, 0) is 4.79 Å². The smallest absolute Gasteiger partial charge is 0.320 e. The minimum Gasteiger partial charge on any atom is -0.324 e. The number of anilines is 2. The molecule has 0 radical (unpaired) electrons. The molecule has 1 unspecified atom stereocenters. The number of halogens is 1. The second-order valence-corrected chi connectivity index (χ2v) is 9.61. The molecule has 0 aliphatic carbocycles. The number of amides is 3. The molecule has 0 saturated carbocycles. The molecule has 180 valence electrons. The number of thioether (sulfide) groups is 1. The van der Waals surface area contributed by atoms with Crippen LogP contribution in [0.1, 0.15) is 30.0 Å². The Kier molecular flexibility index (Phi) is 8.10. The van der Waals surface area contributed by atoms with Gasteiger partial charge in [-0.05, 0) is 55.1 Å². The van der Waals surface area contributed by atoms with Gasteiger partial charge in [-0.3, -0.25) is 4.79 Å². The molecular formula is C27H28ClN4O2S+. The maximum Gasteiger partial charge on any atom is 0.320 e. The fraction of sp³-hybridized carbons (Fsp3) is 0.222. The Balaban J connectivity index is 1.51. The van der Waals surface area contributed by atoms with Crippen molar-refractivity contribution in [3.8, 4) is 0 Å². The van der Waals surface area contributed by atoms with E-state index in [0.717, 1.165) is 30.6 Å². The van der Waals surface area contributed by atoms with Gasteiger partial charge in [-0.25, -0.2) is 4.79 Å². The Morgan fingerprint density at radius 2 is 1.69 bits per heavy atom. The van der Waals surface area contributed by atoms with E-state index in [2.05, 4.69) is 26.8 Å². The number of rotatable bonds is 6. The van der Waals surface area contributed by atoms with Crippen molar-refractivity contribution in [2.75, 3.05) is 23.4 Å². The van der Waals surface area contributed by atoms with Gasteiger partial charge < -0.3 is 16.0 Å². The molecule has 0 saturated heterocycles. The van der Waals surface area contributed by atoms with Gasteiger partial charge in [-0.1, -0.05) is 53.7 Å². The predicted molar refractivity (Wildman–Crippen MR) is 145 cm³/mol. The number of carbonyl (C=O) groups excluding carboxylic acids is 2. The van der Waals surface area contributed by atoms with Gasteiger partial charge in [-0.15, -0.1) is 0 Å². The minimum atomic E-state index is -0.876. The van der Waals surface area contributed by atoms with E-state index in [1.807, 2.05) is 55.5 Å². The highest BCUT2D eigenvalue weighted by Gasteiger charge is 2.26. The van der Waals surface area contributed by atoms with Gasteiger partial charge in [0.05, 0.1) is 0 Å². The summed E-state index contributed by atoms with van der Waals surface area (Å²) in [7, 11) is 0. The van der Waals surface area contributed by atoms with E-state index in [-0.39, 0.29) is 5.91 Å². The number of urea groups is 1. The fourth-order valence-electron chi connectivity index (χ4n) is 4.14. The van der Waals surface area contributed by atoms with Crippen molar-refractivity contribution in [3.63, 3.8) is 0 Å². The van der Waals surface area contributed by atoms with E-state index >= 15 is 0 Å². The molecule has 1 aliphatic rings. The second-order valence-electron chi connectivity index (χ2n) is 8.29. The number of nitrogens with zero attached hydrogens (tertiary/aromatic N) is 1. The minimum absolute atomic E-state index is 0.327. The summed E-state index contributed by atoms with van der Waals surface area (Å²) in [5, 5.41) is 10.5. The summed E-state index contributed by atoms with van der Waals surface area (Å²) < 4.78 is 2.35. The van der Waals surface area contributed by atoms with Crippen molar-refractivity contribution in [2.24, 2.45) is 0 Å². The number of hydrogen-bond acceptors (Lipinski definition) is 3. The van der Waals surface area contributed by atoms with Crippen LogP contribution in [-0.4, -0.2) is 34.4 Å². The van der Waals surface area contributed by atoms with Crippen LogP contribution < -0.4 is 16.0 Å². The predicted octanol–water partition coefficient (Wildman–Crippen LogP) is 6.35. The van der Waals surface area contributed by atoms with Crippen molar-refractivity contribution in [1.82, 2.24) is 5.32 Å². The molecule has 35 heavy (non-hydrogen) atoms. The highest BCUT2D eigenvalue weighted by molar-refractivity contribution is 8.13. The maximum absolute atomic E-state index is 13.3. The molecular weight excluding hydrogens is 480 g/mol. The number of aryl methyl sites for hydroxylation is 1. The van der Waals surface area contributed by atoms with Gasteiger partial charge >= 0.3 is 6.03 Å². The van der Waals surface area contributed by atoms with Crippen LogP contribution in [0.3, 0.4) is 0 Å². The summed E-state index contributed by atoms with van der Waals surface area (Å²) in [6.45, 7) is 3.05. The first-order chi connectivity index (χ1) is 16.9. The molecule has 8 heteroatoms. The number of nitrogens with one attached hydrogen (secondary N) is 3. The van der Waals surface area contributed by atoms with Crippen molar-refractivity contribution in [3.05, 3.63) is 88.9 Å². The molecule has 3 aromatic carbocycles. The highest BCUT2D eigenvalue weighted by atomic mass is 35.5. The average Bonchev–Trinajstić information content (AvgIpc) is 3.33. The van der Waals surface area contributed by atoms with E-state index in [4.69, 9.17) is 11.6 Å². The number of benzene rings is 3. The normalized spacial score (nSPS) is 13.9. The van der Waals surface area contributed by atoms with E-state index < -0.39 is 12.1 Å². The summed E-state index contributed by atoms with van der Waals surface area (Å²) in [5.41, 5.74) is 4.18. The van der Waals surface area contributed by atoms with Gasteiger partial charge in [0.15, 0.2) is 0 Å². The molecule has 1 atom stereocenters. The third-order valence-corrected chi connectivity index (χ3v) is 6.98. The molecule has 6 nitrogen and oxygen atoms in total. The zero-order valence-corrected chi connectivity index (χ0v) is 21.2. The largest absolute Gasteiger partial charge is 0.324 e. The molecule has 1 aliphatic heterocycles. The first-order valence-corrected chi connectivity index (χ1v) is 13.0. The monoisotopic (exact) mass is 507 g/mol. The van der Waals surface area contributed by atoms with Crippen LogP contribution in [0.2, 0.25) is 5.02 Å². The molecule has 0 fully saturated rings. The van der Waals surface area contributed by atoms with Gasteiger partial charge in [-0.2, -0.15) is 4.58 Å².